The highest BCUT2D eigenvalue weighted by atomic mass is 79.9. The third-order valence-corrected chi connectivity index (χ3v) is 6.63. The molecule has 162 valence electrons. The summed E-state index contributed by atoms with van der Waals surface area (Å²) in [5, 5.41) is 0. The molecule has 0 saturated carbocycles. The van der Waals surface area contributed by atoms with E-state index in [9.17, 15) is 22.4 Å². The Morgan fingerprint density at radius 1 is 1.10 bits per heavy atom. The fraction of sp³-hybridized carbons (Fsp3) is 0.381. The standard InChI is InChI=1S/C21H21BrF4N2OS/c1-14-10-17(23)18(12-19(14)30-13-21(24,25)26)27-6-8-28(9-7-27)20(29)11-15-2-4-16(22)5-3-15/h2-5,10,12H,6-9,11,13H2,1H3. The van der Waals surface area contributed by atoms with Gasteiger partial charge in [0.05, 0.1) is 17.9 Å². The van der Waals surface area contributed by atoms with Crippen LogP contribution in [0.1, 0.15) is 11.1 Å². The SMILES string of the molecule is Cc1cc(F)c(N2CCN(C(=O)Cc3ccc(Br)cc3)CC2)cc1SCC(F)(F)F. The van der Waals surface area contributed by atoms with Crippen LogP contribution in [0.3, 0.4) is 0 Å². The van der Waals surface area contributed by atoms with Gasteiger partial charge in [-0.1, -0.05) is 28.1 Å². The lowest BCUT2D eigenvalue weighted by Gasteiger charge is -2.36. The van der Waals surface area contributed by atoms with Crippen LogP contribution in [0.5, 0.6) is 0 Å². The van der Waals surface area contributed by atoms with Crippen molar-refractivity contribution in [1.82, 2.24) is 4.90 Å². The molecule has 1 fully saturated rings. The van der Waals surface area contributed by atoms with Crippen LogP contribution >= 0.6 is 27.7 Å². The first-order valence-corrected chi connectivity index (χ1v) is 11.2. The molecular formula is C21H21BrF4N2OS. The normalized spacial score (nSPS) is 14.9. The summed E-state index contributed by atoms with van der Waals surface area (Å²) in [7, 11) is 0. The first-order chi connectivity index (χ1) is 14.1. The van der Waals surface area contributed by atoms with Crippen molar-refractivity contribution < 1.29 is 22.4 Å². The summed E-state index contributed by atoms with van der Waals surface area (Å²) in [6.07, 6.45) is -3.99. The number of aryl methyl sites for hydroxylation is 1. The minimum atomic E-state index is -4.29. The van der Waals surface area contributed by atoms with Gasteiger partial charge in [-0.05, 0) is 42.3 Å². The van der Waals surface area contributed by atoms with Gasteiger partial charge in [0.2, 0.25) is 5.91 Å². The third-order valence-electron chi connectivity index (χ3n) is 4.88. The summed E-state index contributed by atoms with van der Waals surface area (Å²) in [4.78, 5) is 16.5. The maximum absolute atomic E-state index is 14.5. The first-order valence-electron chi connectivity index (χ1n) is 9.39. The summed E-state index contributed by atoms with van der Waals surface area (Å²) in [6, 6.07) is 10.3. The molecule has 2 aromatic carbocycles. The minimum Gasteiger partial charge on any atom is -0.366 e. The molecule has 2 aromatic rings. The quantitative estimate of drug-likeness (QED) is 0.400. The van der Waals surface area contributed by atoms with E-state index < -0.39 is 17.7 Å². The molecule has 0 unspecified atom stereocenters. The van der Waals surface area contributed by atoms with E-state index in [0.29, 0.717) is 54.8 Å². The first kappa shape index (κ1) is 22.9. The van der Waals surface area contributed by atoms with Crippen LogP contribution in [0, 0.1) is 12.7 Å². The monoisotopic (exact) mass is 504 g/mol. The second-order valence-electron chi connectivity index (χ2n) is 7.14. The zero-order valence-corrected chi connectivity index (χ0v) is 18.7. The Balaban J connectivity index is 1.62. The van der Waals surface area contributed by atoms with E-state index in [2.05, 4.69) is 15.9 Å². The molecule has 0 aliphatic carbocycles. The fourth-order valence-corrected chi connectivity index (χ4v) is 4.35. The second kappa shape index (κ2) is 9.60. The van der Waals surface area contributed by atoms with Gasteiger partial charge in [0.25, 0.3) is 0 Å². The number of carbonyl (C=O) groups is 1. The van der Waals surface area contributed by atoms with Gasteiger partial charge in [-0.3, -0.25) is 4.79 Å². The summed E-state index contributed by atoms with van der Waals surface area (Å²) in [5.41, 5.74) is 1.68. The molecule has 0 N–H and O–H groups in total. The smallest absolute Gasteiger partial charge is 0.366 e. The molecule has 0 aromatic heterocycles. The number of thioether (sulfide) groups is 1. The summed E-state index contributed by atoms with van der Waals surface area (Å²) < 4.78 is 53.1. The highest BCUT2D eigenvalue weighted by molar-refractivity contribution is 9.10. The van der Waals surface area contributed by atoms with Crippen molar-refractivity contribution in [3.05, 3.63) is 57.8 Å². The van der Waals surface area contributed by atoms with Gasteiger partial charge in [0.15, 0.2) is 0 Å². The molecule has 0 spiro atoms. The van der Waals surface area contributed by atoms with Crippen molar-refractivity contribution in [2.75, 3.05) is 36.8 Å². The van der Waals surface area contributed by atoms with Gasteiger partial charge in [-0.15, -0.1) is 11.8 Å². The second-order valence-corrected chi connectivity index (χ2v) is 9.08. The van der Waals surface area contributed by atoms with Crippen molar-refractivity contribution in [3.8, 4) is 0 Å². The molecule has 1 saturated heterocycles. The van der Waals surface area contributed by atoms with Gasteiger partial charge in [0.1, 0.15) is 5.82 Å². The molecule has 1 aliphatic heterocycles. The molecule has 9 heteroatoms. The average molecular weight is 505 g/mol. The third kappa shape index (κ3) is 6.14. The molecule has 1 amide bonds. The van der Waals surface area contributed by atoms with Gasteiger partial charge < -0.3 is 9.80 Å². The maximum atomic E-state index is 14.5. The largest absolute Gasteiger partial charge is 0.398 e. The van der Waals surface area contributed by atoms with Crippen molar-refractivity contribution >= 4 is 39.3 Å². The predicted octanol–water partition coefficient (Wildman–Crippen LogP) is 5.44. The molecule has 1 heterocycles. The Labute approximate surface area is 185 Å². The summed E-state index contributed by atoms with van der Waals surface area (Å²) in [5.74, 6) is -1.47. The summed E-state index contributed by atoms with van der Waals surface area (Å²) in [6.45, 7) is 3.33. The predicted molar refractivity (Wildman–Crippen MR) is 115 cm³/mol. The van der Waals surface area contributed by atoms with Gasteiger partial charge in [-0.2, -0.15) is 13.2 Å². The zero-order chi connectivity index (χ0) is 21.9. The van der Waals surface area contributed by atoms with Crippen molar-refractivity contribution in [3.63, 3.8) is 0 Å². The van der Waals surface area contributed by atoms with Crippen LogP contribution in [0.25, 0.3) is 0 Å². The van der Waals surface area contributed by atoms with E-state index in [1.807, 2.05) is 24.3 Å². The van der Waals surface area contributed by atoms with E-state index in [1.165, 1.54) is 12.1 Å². The van der Waals surface area contributed by atoms with E-state index in [0.717, 1.165) is 10.0 Å². The number of anilines is 1. The lowest BCUT2D eigenvalue weighted by molar-refractivity contribution is -0.130. The van der Waals surface area contributed by atoms with E-state index in [4.69, 9.17) is 0 Å². The van der Waals surface area contributed by atoms with E-state index in [-0.39, 0.29) is 11.6 Å². The lowest BCUT2D eigenvalue weighted by Crippen LogP contribution is -2.49. The number of hydrogen-bond donors (Lipinski definition) is 0. The molecule has 30 heavy (non-hydrogen) atoms. The molecule has 0 atom stereocenters. The van der Waals surface area contributed by atoms with Gasteiger partial charge in [-0.25, -0.2) is 4.39 Å². The average Bonchev–Trinajstić information content (AvgIpc) is 2.68. The van der Waals surface area contributed by atoms with Crippen LogP contribution in [0.4, 0.5) is 23.2 Å². The summed E-state index contributed by atoms with van der Waals surface area (Å²) >= 11 is 4.03. The Hall–Kier alpha value is -1.74. The van der Waals surface area contributed by atoms with Crippen molar-refractivity contribution in [2.24, 2.45) is 0 Å². The van der Waals surface area contributed by atoms with Crippen LogP contribution < -0.4 is 4.90 Å². The van der Waals surface area contributed by atoms with E-state index >= 15 is 0 Å². The zero-order valence-electron chi connectivity index (χ0n) is 16.3. The van der Waals surface area contributed by atoms with Crippen molar-refractivity contribution in [2.45, 2.75) is 24.4 Å². The number of piperazine rings is 1. The number of nitrogens with zero attached hydrogens (tertiary/aromatic N) is 2. The van der Waals surface area contributed by atoms with Crippen molar-refractivity contribution in [1.29, 1.82) is 0 Å². The number of amides is 1. The highest BCUT2D eigenvalue weighted by Gasteiger charge is 2.28. The Morgan fingerprint density at radius 3 is 2.33 bits per heavy atom. The highest BCUT2D eigenvalue weighted by Crippen LogP contribution is 2.34. The number of halogens is 5. The van der Waals surface area contributed by atoms with E-state index in [1.54, 1.807) is 16.7 Å². The molecule has 3 nitrogen and oxygen atoms in total. The number of rotatable bonds is 5. The number of hydrogen-bond acceptors (Lipinski definition) is 3. The Kier molecular flexibility index (Phi) is 7.34. The number of carbonyl (C=O) groups excluding carboxylic acids is 1. The molecule has 0 radical (unpaired) electrons. The molecular weight excluding hydrogens is 484 g/mol. The maximum Gasteiger partial charge on any atom is 0.398 e. The molecule has 3 rings (SSSR count). The molecule has 0 bridgehead atoms. The van der Waals surface area contributed by atoms with Crippen LogP contribution in [-0.4, -0.2) is 48.9 Å². The van der Waals surface area contributed by atoms with Crippen LogP contribution in [0.15, 0.2) is 45.8 Å². The number of alkyl halides is 3. The minimum absolute atomic E-state index is 0.00257. The lowest BCUT2D eigenvalue weighted by atomic mass is 10.1. The van der Waals surface area contributed by atoms with Crippen LogP contribution in [-0.2, 0) is 11.2 Å². The molecule has 1 aliphatic rings. The number of benzene rings is 2. The topological polar surface area (TPSA) is 23.6 Å². The Bertz CT molecular complexity index is 897. The van der Waals surface area contributed by atoms with Crippen LogP contribution in [0.2, 0.25) is 0 Å². The Morgan fingerprint density at radius 2 is 1.73 bits per heavy atom. The van der Waals surface area contributed by atoms with Gasteiger partial charge >= 0.3 is 6.18 Å². The van der Waals surface area contributed by atoms with Gasteiger partial charge in [0, 0.05) is 35.5 Å². The fourth-order valence-electron chi connectivity index (χ4n) is 3.28.